The van der Waals surface area contributed by atoms with Crippen LogP contribution in [0, 0.1) is 5.82 Å². The molecule has 0 heterocycles. The second-order valence-corrected chi connectivity index (χ2v) is 7.91. The van der Waals surface area contributed by atoms with Gasteiger partial charge in [0, 0.05) is 23.9 Å². The molecule has 4 nitrogen and oxygen atoms in total. The van der Waals surface area contributed by atoms with Gasteiger partial charge in [0.15, 0.2) is 0 Å². The number of carbonyl (C=O) groups excluding carboxylic acids is 2. The van der Waals surface area contributed by atoms with Crippen molar-refractivity contribution in [2.24, 2.45) is 0 Å². The molecule has 156 valence electrons. The number of thioether (sulfide) groups is 1. The number of rotatable bonds is 10. The van der Waals surface area contributed by atoms with Crippen LogP contribution >= 0.6 is 23.4 Å². The summed E-state index contributed by atoms with van der Waals surface area (Å²) in [5.74, 6) is -0.113. The lowest BCUT2D eigenvalue weighted by Gasteiger charge is -2.30. The molecule has 2 aromatic rings. The number of nitrogens with zero attached hydrogens (tertiary/aromatic N) is 1. The monoisotopic (exact) mass is 436 g/mol. The lowest BCUT2D eigenvalue weighted by atomic mass is 10.1. The standard InChI is InChI=1S/C22H26ClFN2O2S/c1-3-20(22(28)25-4-2)26(13-16-9-5-7-11-18(16)23)21(27)15-29-14-17-10-6-8-12-19(17)24/h5-12,20H,3-4,13-15H2,1-2H3,(H,25,28)/t20-/m0/s1. The highest BCUT2D eigenvalue weighted by atomic mass is 35.5. The molecule has 0 unspecified atom stereocenters. The summed E-state index contributed by atoms with van der Waals surface area (Å²) in [6.45, 7) is 4.45. The van der Waals surface area contributed by atoms with Crippen LogP contribution < -0.4 is 5.32 Å². The Hall–Kier alpha value is -2.05. The van der Waals surface area contributed by atoms with E-state index in [0.29, 0.717) is 29.3 Å². The SMILES string of the molecule is CCNC(=O)[C@H](CC)N(Cc1ccccc1Cl)C(=O)CSCc1ccccc1F. The molecule has 0 aromatic heterocycles. The van der Waals surface area contributed by atoms with Crippen molar-refractivity contribution in [2.45, 2.75) is 38.6 Å². The number of carbonyl (C=O) groups is 2. The molecular formula is C22H26ClFN2O2S. The maximum absolute atomic E-state index is 13.8. The Morgan fingerprint density at radius 1 is 1.10 bits per heavy atom. The Bertz CT molecular complexity index is 834. The topological polar surface area (TPSA) is 49.4 Å². The summed E-state index contributed by atoms with van der Waals surface area (Å²) in [5, 5.41) is 3.35. The van der Waals surface area contributed by atoms with Gasteiger partial charge >= 0.3 is 0 Å². The maximum atomic E-state index is 13.8. The number of halogens is 2. The molecule has 2 rings (SSSR count). The minimum absolute atomic E-state index is 0.148. The molecule has 0 aliphatic heterocycles. The molecule has 2 amide bonds. The van der Waals surface area contributed by atoms with Gasteiger partial charge < -0.3 is 10.2 Å². The molecule has 7 heteroatoms. The third kappa shape index (κ3) is 6.75. The quantitative estimate of drug-likeness (QED) is 0.589. The van der Waals surface area contributed by atoms with Gasteiger partial charge in [-0.05, 0) is 36.6 Å². The Labute approximate surface area is 180 Å². The fraction of sp³-hybridized carbons (Fsp3) is 0.364. The average molecular weight is 437 g/mol. The molecule has 0 spiro atoms. The van der Waals surface area contributed by atoms with E-state index < -0.39 is 6.04 Å². The molecule has 2 aromatic carbocycles. The normalized spacial score (nSPS) is 11.7. The van der Waals surface area contributed by atoms with Gasteiger partial charge in [0.2, 0.25) is 11.8 Å². The third-order valence-electron chi connectivity index (χ3n) is 4.48. The van der Waals surface area contributed by atoms with Gasteiger partial charge in [0.25, 0.3) is 0 Å². The van der Waals surface area contributed by atoms with E-state index in [1.807, 2.05) is 32.0 Å². The van der Waals surface area contributed by atoms with E-state index in [0.717, 1.165) is 5.56 Å². The van der Waals surface area contributed by atoms with Crippen LogP contribution in [0.3, 0.4) is 0 Å². The first kappa shape index (κ1) is 23.2. The van der Waals surface area contributed by atoms with Crippen LogP contribution in [0.1, 0.15) is 31.4 Å². The van der Waals surface area contributed by atoms with Gasteiger partial charge in [0.05, 0.1) is 5.75 Å². The van der Waals surface area contributed by atoms with Crippen LogP contribution in [0.5, 0.6) is 0 Å². The van der Waals surface area contributed by atoms with Crippen LogP contribution in [-0.2, 0) is 21.9 Å². The van der Waals surface area contributed by atoms with Gasteiger partial charge in [0.1, 0.15) is 11.9 Å². The number of nitrogens with one attached hydrogen (secondary N) is 1. The van der Waals surface area contributed by atoms with Crippen LogP contribution in [0.25, 0.3) is 0 Å². The van der Waals surface area contributed by atoms with E-state index >= 15 is 0 Å². The van der Waals surface area contributed by atoms with Crippen molar-refractivity contribution >= 4 is 35.2 Å². The fourth-order valence-electron chi connectivity index (χ4n) is 2.97. The first-order valence-electron chi connectivity index (χ1n) is 9.59. The van der Waals surface area contributed by atoms with E-state index in [9.17, 15) is 14.0 Å². The van der Waals surface area contributed by atoms with E-state index in [2.05, 4.69) is 5.32 Å². The highest BCUT2D eigenvalue weighted by Gasteiger charge is 2.28. The van der Waals surface area contributed by atoms with Gasteiger partial charge in [-0.2, -0.15) is 0 Å². The number of hydrogen-bond donors (Lipinski definition) is 1. The highest BCUT2D eigenvalue weighted by Crippen LogP contribution is 2.22. The summed E-state index contributed by atoms with van der Waals surface area (Å²) in [6, 6.07) is 13.2. The molecule has 0 saturated heterocycles. The van der Waals surface area contributed by atoms with Gasteiger partial charge in [-0.1, -0.05) is 54.9 Å². The summed E-state index contributed by atoms with van der Waals surface area (Å²) >= 11 is 7.61. The molecule has 0 aliphatic rings. The molecule has 0 saturated carbocycles. The van der Waals surface area contributed by atoms with E-state index in [4.69, 9.17) is 11.6 Å². The molecule has 1 atom stereocenters. The summed E-state index contributed by atoms with van der Waals surface area (Å²) < 4.78 is 13.8. The van der Waals surface area contributed by atoms with Gasteiger partial charge in [-0.3, -0.25) is 9.59 Å². The molecule has 29 heavy (non-hydrogen) atoms. The predicted octanol–water partition coefficient (Wildman–Crippen LogP) is 4.66. The highest BCUT2D eigenvalue weighted by molar-refractivity contribution is 7.99. The minimum atomic E-state index is -0.590. The zero-order valence-electron chi connectivity index (χ0n) is 16.7. The predicted molar refractivity (Wildman–Crippen MR) is 117 cm³/mol. The zero-order valence-corrected chi connectivity index (χ0v) is 18.2. The Balaban J connectivity index is 2.14. The van der Waals surface area contributed by atoms with Crippen molar-refractivity contribution in [1.82, 2.24) is 10.2 Å². The number of amides is 2. The van der Waals surface area contributed by atoms with E-state index in [1.165, 1.54) is 17.8 Å². The Morgan fingerprint density at radius 3 is 2.38 bits per heavy atom. The molecule has 0 aliphatic carbocycles. The largest absolute Gasteiger partial charge is 0.355 e. The van der Waals surface area contributed by atoms with Crippen LogP contribution in [0.15, 0.2) is 48.5 Å². The summed E-state index contributed by atoms with van der Waals surface area (Å²) in [4.78, 5) is 27.1. The first-order valence-corrected chi connectivity index (χ1v) is 11.1. The van der Waals surface area contributed by atoms with Crippen molar-refractivity contribution in [3.63, 3.8) is 0 Å². The maximum Gasteiger partial charge on any atom is 0.242 e. The van der Waals surface area contributed by atoms with Crippen molar-refractivity contribution < 1.29 is 14.0 Å². The second-order valence-electron chi connectivity index (χ2n) is 6.52. The first-order chi connectivity index (χ1) is 14.0. The molecule has 0 radical (unpaired) electrons. The number of likely N-dealkylation sites (N-methyl/N-ethyl adjacent to an activating group) is 1. The number of benzene rings is 2. The molecule has 0 bridgehead atoms. The summed E-state index contributed by atoms with van der Waals surface area (Å²) in [7, 11) is 0. The summed E-state index contributed by atoms with van der Waals surface area (Å²) in [5.41, 5.74) is 1.34. The van der Waals surface area contributed by atoms with Crippen LogP contribution in [-0.4, -0.2) is 35.1 Å². The number of hydrogen-bond acceptors (Lipinski definition) is 3. The second kappa shape index (κ2) is 11.8. The van der Waals surface area contributed by atoms with Crippen LogP contribution in [0.4, 0.5) is 4.39 Å². The van der Waals surface area contributed by atoms with Crippen molar-refractivity contribution in [2.75, 3.05) is 12.3 Å². The van der Waals surface area contributed by atoms with Gasteiger partial charge in [-0.25, -0.2) is 4.39 Å². The molecule has 1 N–H and O–H groups in total. The average Bonchev–Trinajstić information content (AvgIpc) is 2.70. The van der Waals surface area contributed by atoms with Crippen molar-refractivity contribution in [1.29, 1.82) is 0 Å². The smallest absolute Gasteiger partial charge is 0.242 e. The Kier molecular flexibility index (Phi) is 9.48. The summed E-state index contributed by atoms with van der Waals surface area (Å²) in [6.07, 6.45) is 0.486. The van der Waals surface area contributed by atoms with E-state index in [-0.39, 0.29) is 29.9 Å². The minimum Gasteiger partial charge on any atom is -0.355 e. The molecule has 0 fully saturated rings. The van der Waals surface area contributed by atoms with Gasteiger partial charge in [-0.15, -0.1) is 11.8 Å². The lowest BCUT2D eigenvalue weighted by Crippen LogP contribution is -2.49. The third-order valence-corrected chi connectivity index (χ3v) is 5.81. The van der Waals surface area contributed by atoms with E-state index in [1.54, 1.807) is 29.2 Å². The lowest BCUT2D eigenvalue weighted by molar-refractivity contribution is -0.139. The van der Waals surface area contributed by atoms with Crippen molar-refractivity contribution in [3.8, 4) is 0 Å². The van der Waals surface area contributed by atoms with Crippen LogP contribution in [0.2, 0.25) is 5.02 Å². The fourth-order valence-corrected chi connectivity index (χ4v) is 4.06. The Morgan fingerprint density at radius 2 is 1.76 bits per heavy atom. The van der Waals surface area contributed by atoms with Crippen molar-refractivity contribution in [3.05, 3.63) is 70.5 Å². The molecular weight excluding hydrogens is 411 g/mol. The zero-order chi connectivity index (χ0) is 21.2.